The number of hydrogen-bond acceptors (Lipinski definition) is 3. The van der Waals surface area contributed by atoms with Gasteiger partial charge in [-0.25, -0.2) is 4.79 Å². The second-order valence-electron chi connectivity index (χ2n) is 7.75. The maximum Gasteiger partial charge on any atom is 0.319 e. The summed E-state index contributed by atoms with van der Waals surface area (Å²) in [5.74, 6) is 1.11. The van der Waals surface area contributed by atoms with Gasteiger partial charge in [0.25, 0.3) is 0 Å². The van der Waals surface area contributed by atoms with Gasteiger partial charge in [0, 0.05) is 17.7 Å². The van der Waals surface area contributed by atoms with E-state index in [1.54, 1.807) is 12.1 Å². The second-order valence-corrected chi connectivity index (χ2v) is 8.16. The van der Waals surface area contributed by atoms with Crippen LogP contribution in [0.4, 0.5) is 4.79 Å². The zero-order valence-corrected chi connectivity index (χ0v) is 16.6. The number of carbonyl (C=O) groups is 2. The molecule has 0 bridgehead atoms. The van der Waals surface area contributed by atoms with Crippen LogP contribution in [0.25, 0.3) is 0 Å². The van der Waals surface area contributed by atoms with Gasteiger partial charge >= 0.3 is 6.03 Å². The lowest BCUT2D eigenvalue weighted by atomic mass is 9.78. The van der Waals surface area contributed by atoms with Gasteiger partial charge in [-0.3, -0.25) is 4.79 Å². The minimum absolute atomic E-state index is 0.0237. The van der Waals surface area contributed by atoms with Gasteiger partial charge in [0.2, 0.25) is 0 Å². The standard InChI is InChI=1S/C21H27ClN2O3/c1-3-16-19(18(26)10-13-6-4-5-12(2)9-13)20(24-21(27)23-16)14-7-8-17(25)15(22)11-14/h7-8,11-13,20,25H,3-6,9-10H2,1-2H3,(H2,23,24,27). The molecule has 3 N–H and O–H groups in total. The summed E-state index contributed by atoms with van der Waals surface area (Å²) in [6.07, 6.45) is 5.64. The molecule has 1 aromatic rings. The Morgan fingerprint density at radius 3 is 2.78 bits per heavy atom. The average Bonchev–Trinajstić information content (AvgIpc) is 2.63. The predicted molar refractivity (Wildman–Crippen MR) is 106 cm³/mol. The van der Waals surface area contributed by atoms with Crippen molar-refractivity contribution >= 4 is 23.4 Å². The van der Waals surface area contributed by atoms with E-state index in [4.69, 9.17) is 11.6 Å². The Hall–Kier alpha value is -2.01. The van der Waals surface area contributed by atoms with Gasteiger partial charge in [0.15, 0.2) is 5.78 Å². The zero-order chi connectivity index (χ0) is 19.6. The first-order chi connectivity index (χ1) is 12.9. The van der Waals surface area contributed by atoms with Gasteiger partial charge in [-0.15, -0.1) is 0 Å². The molecule has 1 aliphatic carbocycles. The molecular formula is C21H27ClN2O3. The van der Waals surface area contributed by atoms with Crippen LogP contribution in [0.5, 0.6) is 5.75 Å². The van der Waals surface area contributed by atoms with Gasteiger partial charge in [-0.2, -0.15) is 0 Å². The highest BCUT2D eigenvalue weighted by Gasteiger charge is 2.33. The molecule has 3 rings (SSSR count). The van der Waals surface area contributed by atoms with Gasteiger partial charge in [-0.05, 0) is 48.8 Å². The van der Waals surface area contributed by atoms with E-state index in [-0.39, 0.29) is 22.6 Å². The Bertz CT molecular complexity index is 775. The molecule has 146 valence electrons. The van der Waals surface area contributed by atoms with Crippen LogP contribution in [0.2, 0.25) is 5.02 Å². The van der Waals surface area contributed by atoms with E-state index in [2.05, 4.69) is 17.6 Å². The molecule has 0 radical (unpaired) electrons. The third-order valence-electron chi connectivity index (χ3n) is 5.63. The summed E-state index contributed by atoms with van der Waals surface area (Å²) in [6.45, 7) is 4.18. The summed E-state index contributed by atoms with van der Waals surface area (Å²) >= 11 is 6.06. The molecular weight excluding hydrogens is 364 g/mol. The molecule has 1 fully saturated rings. The summed E-state index contributed by atoms with van der Waals surface area (Å²) in [5, 5.41) is 15.5. The van der Waals surface area contributed by atoms with Crippen molar-refractivity contribution in [3.05, 3.63) is 40.1 Å². The van der Waals surface area contributed by atoms with E-state index in [9.17, 15) is 14.7 Å². The average molecular weight is 391 g/mol. The van der Waals surface area contributed by atoms with E-state index >= 15 is 0 Å². The molecule has 1 aromatic carbocycles. The highest BCUT2D eigenvalue weighted by Crippen LogP contribution is 2.36. The summed E-state index contributed by atoms with van der Waals surface area (Å²) in [6, 6.07) is 3.91. The van der Waals surface area contributed by atoms with Crippen molar-refractivity contribution in [3.8, 4) is 5.75 Å². The lowest BCUT2D eigenvalue weighted by Gasteiger charge is -2.32. The Balaban J connectivity index is 1.91. The van der Waals surface area contributed by atoms with Crippen LogP contribution in [-0.2, 0) is 4.79 Å². The largest absolute Gasteiger partial charge is 0.506 e. The minimum Gasteiger partial charge on any atom is -0.506 e. The monoisotopic (exact) mass is 390 g/mol. The van der Waals surface area contributed by atoms with Crippen LogP contribution in [0.15, 0.2) is 29.5 Å². The lowest BCUT2D eigenvalue weighted by molar-refractivity contribution is -0.117. The molecule has 1 heterocycles. The van der Waals surface area contributed by atoms with Crippen molar-refractivity contribution in [2.75, 3.05) is 0 Å². The molecule has 2 aliphatic rings. The fourth-order valence-corrected chi connectivity index (χ4v) is 4.49. The fourth-order valence-electron chi connectivity index (χ4n) is 4.30. The Morgan fingerprint density at radius 2 is 2.11 bits per heavy atom. The van der Waals surface area contributed by atoms with E-state index in [1.165, 1.54) is 18.9 Å². The van der Waals surface area contributed by atoms with Crippen LogP contribution < -0.4 is 10.6 Å². The van der Waals surface area contributed by atoms with Crippen molar-refractivity contribution in [1.29, 1.82) is 0 Å². The van der Waals surface area contributed by atoms with E-state index in [0.29, 0.717) is 41.5 Å². The van der Waals surface area contributed by atoms with E-state index < -0.39 is 6.04 Å². The molecule has 27 heavy (non-hydrogen) atoms. The van der Waals surface area contributed by atoms with Crippen LogP contribution in [0.1, 0.15) is 64.0 Å². The molecule has 3 unspecified atom stereocenters. The van der Waals surface area contributed by atoms with Gasteiger partial charge < -0.3 is 15.7 Å². The highest BCUT2D eigenvalue weighted by molar-refractivity contribution is 6.32. The summed E-state index contributed by atoms with van der Waals surface area (Å²) in [4.78, 5) is 25.4. The van der Waals surface area contributed by atoms with Crippen molar-refractivity contribution in [1.82, 2.24) is 10.6 Å². The number of phenolic OH excluding ortho intramolecular Hbond substituents is 1. The molecule has 0 aromatic heterocycles. The third kappa shape index (κ3) is 4.46. The summed E-state index contributed by atoms with van der Waals surface area (Å²) in [5.41, 5.74) is 1.97. The Kier molecular flexibility index (Phi) is 6.10. The number of amides is 2. The lowest BCUT2D eigenvalue weighted by Crippen LogP contribution is -2.45. The number of aromatic hydroxyl groups is 1. The number of ketones is 1. The Morgan fingerprint density at radius 1 is 1.33 bits per heavy atom. The summed E-state index contributed by atoms with van der Waals surface area (Å²) < 4.78 is 0. The van der Waals surface area contributed by atoms with Crippen molar-refractivity contribution < 1.29 is 14.7 Å². The molecule has 2 amide bonds. The first kappa shape index (κ1) is 19.7. The highest BCUT2D eigenvalue weighted by atomic mass is 35.5. The fraction of sp³-hybridized carbons (Fsp3) is 0.524. The first-order valence-corrected chi connectivity index (χ1v) is 10.1. The zero-order valence-electron chi connectivity index (χ0n) is 15.8. The number of nitrogens with one attached hydrogen (secondary N) is 2. The first-order valence-electron chi connectivity index (χ1n) is 9.71. The number of rotatable bonds is 5. The van der Waals surface area contributed by atoms with Gasteiger partial charge in [0.1, 0.15) is 5.75 Å². The number of carbonyl (C=O) groups excluding carboxylic acids is 2. The SMILES string of the molecule is CCC1=C(C(=O)CC2CCCC(C)C2)C(c2ccc(O)c(Cl)c2)NC(=O)N1. The molecule has 6 heteroatoms. The quantitative estimate of drug-likeness (QED) is 0.672. The minimum atomic E-state index is -0.555. The maximum atomic E-state index is 13.3. The van der Waals surface area contributed by atoms with Gasteiger partial charge in [0.05, 0.1) is 11.1 Å². The summed E-state index contributed by atoms with van der Waals surface area (Å²) in [7, 11) is 0. The predicted octanol–water partition coefficient (Wildman–Crippen LogP) is 4.85. The van der Waals surface area contributed by atoms with Crippen LogP contribution >= 0.6 is 11.6 Å². The second kappa shape index (κ2) is 8.34. The molecule has 1 aliphatic heterocycles. The smallest absolute Gasteiger partial charge is 0.319 e. The number of halogens is 1. The number of phenols is 1. The number of benzene rings is 1. The maximum absolute atomic E-state index is 13.3. The Labute approximate surface area is 165 Å². The number of urea groups is 1. The number of allylic oxidation sites excluding steroid dienone is 1. The molecule has 0 saturated heterocycles. The topological polar surface area (TPSA) is 78.4 Å². The van der Waals surface area contributed by atoms with Crippen LogP contribution in [-0.4, -0.2) is 16.9 Å². The molecule has 3 atom stereocenters. The normalized spacial score (nSPS) is 25.7. The van der Waals surface area contributed by atoms with Crippen LogP contribution in [0, 0.1) is 11.8 Å². The molecule has 0 spiro atoms. The number of hydrogen-bond donors (Lipinski definition) is 3. The van der Waals surface area contributed by atoms with Gasteiger partial charge in [-0.1, -0.05) is 44.4 Å². The third-order valence-corrected chi connectivity index (χ3v) is 5.93. The molecule has 1 saturated carbocycles. The van der Waals surface area contributed by atoms with Crippen molar-refractivity contribution in [2.24, 2.45) is 11.8 Å². The van der Waals surface area contributed by atoms with E-state index in [0.717, 1.165) is 12.8 Å². The van der Waals surface area contributed by atoms with E-state index in [1.807, 2.05) is 6.92 Å². The van der Waals surface area contributed by atoms with Crippen molar-refractivity contribution in [3.63, 3.8) is 0 Å². The number of Topliss-reactive ketones (excluding diaryl/α,β-unsaturated/α-hetero) is 1. The van der Waals surface area contributed by atoms with Crippen molar-refractivity contribution in [2.45, 2.75) is 58.4 Å². The molecule has 5 nitrogen and oxygen atoms in total. The van der Waals surface area contributed by atoms with Crippen LogP contribution in [0.3, 0.4) is 0 Å².